The quantitative estimate of drug-likeness (QED) is 0.273. The van der Waals surface area contributed by atoms with Gasteiger partial charge in [-0.1, -0.05) is 87.4 Å². The molecule has 40 heavy (non-hydrogen) atoms. The predicted molar refractivity (Wildman–Crippen MR) is 161 cm³/mol. The van der Waals surface area contributed by atoms with E-state index in [2.05, 4.69) is 19.2 Å². The van der Waals surface area contributed by atoms with E-state index < -0.39 is 28.5 Å². The number of carbonyl (C=O) groups excluding carboxylic acids is 2. The molecule has 0 radical (unpaired) electrons. The number of carbonyl (C=O) groups is 2. The summed E-state index contributed by atoms with van der Waals surface area (Å²) in [5.74, 6) is -0.466. The second kappa shape index (κ2) is 14.1. The van der Waals surface area contributed by atoms with Gasteiger partial charge in [-0.25, -0.2) is 8.42 Å². The van der Waals surface area contributed by atoms with Crippen LogP contribution in [0.1, 0.15) is 63.1 Å². The van der Waals surface area contributed by atoms with Crippen LogP contribution in [0.2, 0.25) is 0 Å². The number of rotatable bonds is 13. The van der Waals surface area contributed by atoms with Crippen molar-refractivity contribution in [3.05, 3.63) is 95.6 Å². The molecule has 0 aliphatic heterocycles. The molecule has 0 fully saturated rings. The SMILES string of the molecule is CCCCNC(=O)[C@H](C)N(Cc1cccc(C)c1)C(=O)CN(c1ccc(C(C)C)cc1)S(=O)(=O)c1ccccc1. The van der Waals surface area contributed by atoms with Gasteiger partial charge >= 0.3 is 0 Å². The highest BCUT2D eigenvalue weighted by Crippen LogP contribution is 2.26. The Balaban J connectivity index is 2.00. The van der Waals surface area contributed by atoms with E-state index in [-0.39, 0.29) is 23.3 Å². The van der Waals surface area contributed by atoms with Crippen molar-refractivity contribution in [1.82, 2.24) is 10.2 Å². The minimum atomic E-state index is -4.07. The number of hydrogen-bond acceptors (Lipinski definition) is 4. The van der Waals surface area contributed by atoms with E-state index in [0.717, 1.165) is 33.8 Å². The highest BCUT2D eigenvalue weighted by molar-refractivity contribution is 7.92. The van der Waals surface area contributed by atoms with Crippen molar-refractivity contribution in [3.63, 3.8) is 0 Å². The average Bonchev–Trinajstić information content (AvgIpc) is 2.94. The molecule has 1 atom stereocenters. The van der Waals surface area contributed by atoms with E-state index in [1.807, 2.05) is 50.2 Å². The summed E-state index contributed by atoms with van der Waals surface area (Å²) >= 11 is 0. The predicted octanol–water partition coefficient (Wildman–Crippen LogP) is 5.65. The Morgan fingerprint density at radius 3 is 2.17 bits per heavy atom. The topological polar surface area (TPSA) is 86.8 Å². The molecule has 2 amide bonds. The van der Waals surface area contributed by atoms with Gasteiger partial charge in [0.05, 0.1) is 10.6 Å². The normalized spacial score (nSPS) is 12.2. The van der Waals surface area contributed by atoms with Crippen molar-refractivity contribution >= 4 is 27.5 Å². The van der Waals surface area contributed by atoms with Crippen LogP contribution in [0.3, 0.4) is 0 Å². The molecule has 0 saturated carbocycles. The van der Waals surface area contributed by atoms with Gasteiger partial charge in [0.2, 0.25) is 11.8 Å². The molecular formula is C32H41N3O4S. The van der Waals surface area contributed by atoms with Gasteiger partial charge in [-0.05, 0) is 61.6 Å². The van der Waals surface area contributed by atoms with Gasteiger partial charge in [0.15, 0.2) is 0 Å². The lowest BCUT2D eigenvalue weighted by molar-refractivity contribution is -0.139. The summed E-state index contributed by atoms with van der Waals surface area (Å²) in [4.78, 5) is 28.6. The molecule has 0 aliphatic carbocycles. The summed E-state index contributed by atoms with van der Waals surface area (Å²) in [7, 11) is -4.07. The van der Waals surface area contributed by atoms with E-state index in [0.29, 0.717) is 12.2 Å². The van der Waals surface area contributed by atoms with Crippen molar-refractivity contribution in [2.24, 2.45) is 0 Å². The molecule has 0 spiro atoms. The van der Waals surface area contributed by atoms with Crippen LogP contribution < -0.4 is 9.62 Å². The van der Waals surface area contributed by atoms with Gasteiger partial charge in [-0.3, -0.25) is 13.9 Å². The molecular weight excluding hydrogens is 522 g/mol. The van der Waals surface area contributed by atoms with Crippen LogP contribution in [0.4, 0.5) is 5.69 Å². The van der Waals surface area contributed by atoms with E-state index >= 15 is 0 Å². The fraction of sp³-hybridized carbons (Fsp3) is 0.375. The first kappa shape index (κ1) is 30.9. The number of nitrogens with zero attached hydrogens (tertiary/aromatic N) is 2. The molecule has 1 N–H and O–H groups in total. The van der Waals surface area contributed by atoms with E-state index in [4.69, 9.17) is 0 Å². The Morgan fingerprint density at radius 1 is 0.900 bits per heavy atom. The monoisotopic (exact) mass is 563 g/mol. The highest BCUT2D eigenvalue weighted by Gasteiger charge is 2.32. The number of sulfonamides is 1. The van der Waals surface area contributed by atoms with Gasteiger partial charge in [-0.2, -0.15) is 0 Å². The molecule has 214 valence electrons. The van der Waals surface area contributed by atoms with Crippen LogP contribution in [0.25, 0.3) is 0 Å². The highest BCUT2D eigenvalue weighted by atomic mass is 32.2. The third kappa shape index (κ3) is 7.94. The lowest BCUT2D eigenvalue weighted by Gasteiger charge is -2.32. The summed E-state index contributed by atoms with van der Waals surface area (Å²) in [5, 5.41) is 2.91. The number of anilines is 1. The number of aryl methyl sites for hydroxylation is 1. The maximum atomic E-state index is 14.0. The van der Waals surface area contributed by atoms with Crippen molar-refractivity contribution in [3.8, 4) is 0 Å². The van der Waals surface area contributed by atoms with Crippen LogP contribution in [0.5, 0.6) is 0 Å². The fourth-order valence-electron chi connectivity index (χ4n) is 4.40. The molecule has 3 rings (SSSR count). The number of hydrogen-bond donors (Lipinski definition) is 1. The zero-order valence-electron chi connectivity index (χ0n) is 24.1. The molecule has 0 heterocycles. The standard InChI is InChI=1S/C32H41N3O4S/c1-6-7-20-33-32(37)26(5)34(22-27-13-11-12-25(4)21-27)31(36)23-35(29-18-16-28(17-19-29)24(2)3)40(38,39)30-14-9-8-10-15-30/h8-19,21,24,26H,6-7,20,22-23H2,1-5H3,(H,33,37)/t26-/m0/s1. The van der Waals surface area contributed by atoms with Crippen molar-refractivity contribution in [1.29, 1.82) is 0 Å². The summed E-state index contributed by atoms with van der Waals surface area (Å²) in [6.45, 7) is 10.1. The fourth-order valence-corrected chi connectivity index (χ4v) is 5.84. The first-order valence-electron chi connectivity index (χ1n) is 13.8. The van der Waals surface area contributed by atoms with Crippen LogP contribution >= 0.6 is 0 Å². The Morgan fingerprint density at radius 2 is 1.57 bits per heavy atom. The molecule has 0 saturated heterocycles. The first-order chi connectivity index (χ1) is 19.0. The molecule has 0 unspecified atom stereocenters. The van der Waals surface area contributed by atoms with Crippen LogP contribution in [0, 0.1) is 6.92 Å². The Kier molecular flexibility index (Phi) is 10.9. The summed E-state index contributed by atoms with van der Waals surface area (Å²) in [6, 6.07) is 22.2. The molecule has 7 nitrogen and oxygen atoms in total. The Bertz CT molecular complexity index is 1370. The van der Waals surface area contributed by atoms with Gasteiger partial charge in [0.1, 0.15) is 12.6 Å². The number of unbranched alkanes of at least 4 members (excludes halogenated alkanes) is 1. The van der Waals surface area contributed by atoms with Crippen LogP contribution in [-0.2, 0) is 26.2 Å². The zero-order chi connectivity index (χ0) is 29.3. The van der Waals surface area contributed by atoms with Crippen LogP contribution in [0.15, 0.2) is 83.8 Å². The summed E-state index contributed by atoms with van der Waals surface area (Å²) in [5.41, 5.74) is 3.34. The first-order valence-corrected chi connectivity index (χ1v) is 15.3. The third-order valence-corrected chi connectivity index (χ3v) is 8.68. The van der Waals surface area contributed by atoms with Gasteiger partial charge in [-0.15, -0.1) is 0 Å². The second-order valence-corrected chi connectivity index (χ2v) is 12.3. The largest absolute Gasteiger partial charge is 0.354 e. The molecule has 3 aromatic rings. The van der Waals surface area contributed by atoms with Crippen molar-refractivity contribution in [2.75, 3.05) is 17.4 Å². The average molecular weight is 564 g/mol. The second-order valence-electron chi connectivity index (χ2n) is 10.4. The van der Waals surface area contributed by atoms with E-state index in [9.17, 15) is 18.0 Å². The number of amides is 2. The maximum Gasteiger partial charge on any atom is 0.264 e. The minimum Gasteiger partial charge on any atom is -0.354 e. The van der Waals surface area contributed by atoms with E-state index in [1.165, 1.54) is 17.0 Å². The minimum absolute atomic E-state index is 0.0892. The Labute approximate surface area is 239 Å². The van der Waals surface area contributed by atoms with Crippen molar-refractivity contribution in [2.45, 2.75) is 70.9 Å². The van der Waals surface area contributed by atoms with Gasteiger partial charge in [0, 0.05) is 13.1 Å². The van der Waals surface area contributed by atoms with Crippen LogP contribution in [-0.4, -0.2) is 44.3 Å². The Hall–Kier alpha value is -3.65. The number of nitrogens with one attached hydrogen (secondary N) is 1. The molecule has 0 bridgehead atoms. The summed E-state index contributed by atoms with van der Waals surface area (Å²) < 4.78 is 28.9. The van der Waals surface area contributed by atoms with Gasteiger partial charge in [0.25, 0.3) is 10.0 Å². The molecule has 3 aromatic carbocycles. The van der Waals surface area contributed by atoms with Crippen molar-refractivity contribution < 1.29 is 18.0 Å². The molecule has 0 aliphatic rings. The molecule has 8 heteroatoms. The third-order valence-electron chi connectivity index (χ3n) is 6.89. The number of benzene rings is 3. The van der Waals surface area contributed by atoms with E-state index in [1.54, 1.807) is 37.3 Å². The zero-order valence-corrected chi connectivity index (χ0v) is 24.9. The lowest BCUT2D eigenvalue weighted by Crippen LogP contribution is -2.51. The summed E-state index contributed by atoms with van der Waals surface area (Å²) in [6.07, 6.45) is 1.77. The lowest BCUT2D eigenvalue weighted by atomic mass is 10.0. The maximum absolute atomic E-state index is 14.0. The smallest absolute Gasteiger partial charge is 0.264 e. The van der Waals surface area contributed by atoms with Gasteiger partial charge < -0.3 is 10.2 Å². The molecule has 0 aromatic heterocycles.